The zero-order chi connectivity index (χ0) is 13.1. The van der Waals surface area contributed by atoms with Crippen molar-refractivity contribution >= 4 is 17.6 Å². The van der Waals surface area contributed by atoms with Crippen molar-refractivity contribution in [2.45, 2.75) is 13.8 Å². The number of aromatic carboxylic acids is 1. The van der Waals surface area contributed by atoms with E-state index in [0.29, 0.717) is 11.6 Å². The average Bonchev–Trinajstić information content (AvgIpc) is 2.32. The average molecular weight is 265 g/mol. The number of carboxylic acids is 1. The summed E-state index contributed by atoms with van der Waals surface area (Å²) in [6, 6.07) is 7.73. The maximum atomic E-state index is 10.7. The summed E-state index contributed by atoms with van der Waals surface area (Å²) in [6.45, 7) is 3.60. The number of hydrogen-bond donors (Lipinski definition) is 1. The van der Waals surface area contributed by atoms with Crippen molar-refractivity contribution in [1.82, 2.24) is 9.97 Å². The molecule has 6 heteroatoms. The van der Waals surface area contributed by atoms with E-state index in [1.165, 1.54) is 6.20 Å². The largest absolute Gasteiger partial charge is 1.00 e. The smallest absolute Gasteiger partial charge is 0.545 e. The fraction of sp³-hybridized carbons (Fsp3) is 0.154. The van der Waals surface area contributed by atoms with Gasteiger partial charge in [-0.2, -0.15) is 0 Å². The van der Waals surface area contributed by atoms with Gasteiger partial charge in [-0.3, -0.25) is 0 Å². The van der Waals surface area contributed by atoms with E-state index in [9.17, 15) is 9.90 Å². The summed E-state index contributed by atoms with van der Waals surface area (Å²) < 4.78 is 0. The fourth-order valence-corrected chi connectivity index (χ4v) is 1.49. The summed E-state index contributed by atoms with van der Waals surface area (Å²) in [5.41, 5.74) is 2.38. The minimum absolute atomic E-state index is 0. The molecule has 2 rings (SSSR count). The van der Waals surface area contributed by atoms with Gasteiger partial charge in [0.15, 0.2) is 0 Å². The number of carbonyl (C=O) groups excluding carboxylic acids is 1. The van der Waals surface area contributed by atoms with Crippen molar-refractivity contribution in [3.63, 3.8) is 0 Å². The maximum absolute atomic E-state index is 10.7. The van der Waals surface area contributed by atoms with Crippen molar-refractivity contribution in [2.75, 3.05) is 5.32 Å². The molecule has 0 amide bonds. The number of carboxylic acid groups (broad SMARTS) is 1. The summed E-state index contributed by atoms with van der Waals surface area (Å²) in [5, 5.41) is 13.7. The predicted octanol–water partition coefficient (Wildman–Crippen LogP) is -1.80. The number of aromatic nitrogens is 2. The molecule has 0 spiro atoms. The fourth-order valence-electron chi connectivity index (χ4n) is 1.49. The van der Waals surface area contributed by atoms with Gasteiger partial charge < -0.3 is 15.2 Å². The molecule has 0 aliphatic rings. The molecule has 0 saturated carbocycles. The van der Waals surface area contributed by atoms with E-state index in [1.807, 2.05) is 31.2 Å². The number of anilines is 2. The molecule has 19 heavy (non-hydrogen) atoms. The summed E-state index contributed by atoms with van der Waals surface area (Å²) in [6.07, 6.45) is 1.24. The first-order valence-electron chi connectivity index (χ1n) is 5.45. The van der Waals surface area contributed by atoms with E-state index in [4.69, 9.17) is 0 Å². The van der Waals surface area contributed by atoms with Crippen molar-refractivity contribution in [3.8, 4) is 0 Å². The van der Waals surface area contributed by atoms with Gasteiger partial charge in [0.25, 0.3) is 0 Å². The van der Waals surface area contributed by atoms with Crippen LogP contribution in [0.5, 0.6) is 0 Å². The van der Waals surface area contributed by atoms with Gasteiger partial charge in [0.2, 0.25) is 5.95 Å². The molecule has 1 N–H and O–H groups in total. The van der Waals surface area contributed by atoms with Crippen molar-refractivity contribution < 1.29 is 39.5 Å². The third kappa shape index (κ3) is 4.02. The molecule has 0 bridgehead atoms. The van der Waals surface area contributed by atoms with Crippen LogP contribution in [-0.4, -0.2) is 15.9 Å². The number of carbonyl (C=O) groups is 1. The Bertz CT molecular complexity index is 585. The SMILES string of the molecule is Cc1ccc(Nc2ncc(C(=O)[O-])c(C)n2)cc1.[Na+]. The Hall–Kier alpha value is -1.43. The molecule has 0 fully saturated rings. The van der Waals surface area contributed by atoms with Crippen molar-refractivity contribution in [2.24, 2.45) is 0 Å². The van der Waals surface area contributed by atoms with E-state index in [0.717, 1.165) is 11.3 Å². The van der Waals surface area contributed by atoms with E-state index in [-0.39, 0.29) is 35.1 Å². The predicted molar refractivity (Wildman–Crippen MR) is 65.6 cm³/mol. The van der Waals surface area contributed by atoms with Gasteiger partial charge in [-0.25, -0.2) is 9.97 Å². The van der Waals surface area contributed by atoms with E-state index < -0.39 is 5.97 Å². The molecule has 92 valence electrons. The van der Waals surface area contributed by atoms with E-state index in [1.54, 1.807) is 6.92 Å². The molecule has 1 aromatic carbocycles. The Morgan fingerprint density at radius 1 is 1.21 bits per heavy atom. The Labute approximate surface area is 133 Å². The number of benzene rings is 1. The minimum Gasteiger partial charge on any atom is -0.545 e. The van der Waals surface area contributed by atoms with Crippen LogP contribution in [0.3, 0.4) is 0 Å². The maximum Gasteiger partial charge on any atom is 1.00 e. The molecule has 2 aromatic rings. The Kier molecular flexibility index (Phi) is 5.47. The second-order valence-corrected chi connectivity index (χ2v) is 3.97. The molecule has 5 nitrogen and oxygen atoms in total. The first-order chi connectivity index (χ1) is 8.56. The van der Waals surface area contributed by atoms with Gasteiger partial charge >= 0.3 is 29.6 Å². The van der Waals surface area contributed by atoms with Crippen LogP contribution in [0.2, 0.25) is 0 Å². The topological polar surface area (TPSA) is 77.9 Å². The molecule has 0 unspecified atom stereocenters. The normalized spacial score (nSPS) is 9.58. The van der Waals surface area contributed by atoms with Crippen LogP contribution in [0.1, 0.15) is 21.6 Å². The second-order valence-electron chi connectivity index (χ2n) is 3.97. The van der Waals surface area contributed by atoms with Crippen LogP contribution in [0.15, 0.2) is 30.5 Å². The van der Waals surface area contributed by atoms with Crippen molar-refractivity contribution in [3.05, 3.63) is 47.3 Å². The first kappa shape index (κ1) is 15.6. The number of nitrogens with one attached hydrogen (secondary N) is 1. The van der Waals surface area contributed by atoms with Gasteiger partial charge in [-0.15, -0.1) is 0 Å². The summed E-state index contributed by atoms with van der Waals surface area (Å²) in [5.74, 6) is -0.907. The molecular weight excluding hydrogens is 253 g/mol. The Morgan fingerprint density at radius 2 is 1.84 bits per heavy atom. The molecule has 0 saturated heterocycles. The van der Waals surface area contributed by atoms with Crippen LogP contribution in [0.25, 0.3) is 0 Å². The molecule has 0 aliphatic carbocycles. The van der Waals surface area contributed by atoms with Crippen molar-refractivity contribution in [1.29, 1.82) is 0 Å². The van der Waals surface area contributed by atoms with Crippen LogP contribution in [0, 0.1) is 13.8 Å². The zero-order valence-corrected chi connectivity index (χ0v) is 13.1. The van der Waals surface area contributed by atoms with Gasteiger partial charge in [0.05, 0.1) is 11.7 Å². The van der Waals surface area contributed by atoms with Crippen LogP contribution < -0.4 is 40.0 Å². The molecule has 1 aromatic heterocycles. The van der Waals surface area contributed by atoms with E-state index >= 15 is 0 Å². The number of aryl methyl sites for hydroxylation is 2. The Morgan fingerprint density at radius 3 is 2.37 bits per heavy atom. The minimum atomic E-state index is -1.27. The second kappa shape index (κ2) is 6.65. The number of nitrogens with zero attached hydrogens (tertiary/aromatic N) is 2. The third-order valence-corrected chi connectivity index (χ3v) is 2.51. The summed E-state index contributed by atoms with van der Waals surface area (Å²) >= 11 is 0. The van der Waals surface area contributed by atoms with Crippen LogP contribution >= 0.6 is 0 Å². The molecular formula is C13H12N3NaO2. The molecule has 0 radical (unpaired) electrons. The molecule has 0 aliphatic heterocycles. The quantitative estimate of drug-likeness (QED) is 0.663. The zero-order valence-electron chi connectivity index (χ0n) is 11.1. The van der Waals surface area contributed by atoms with Crippen LogP contribution in [0.4, 0.5) is 11.6 Å². The summed E-state index contributed by atoms with van der Waals surface area (Å²) in [7, 11) is 0. The van der Waals surface area contributed by atoms with Gasteiger partial charge in [0.1, 0.15) is 0 Å². The van der Waals surface area contributed by atoms with Gasteiger partial charge in [-0.1, -0.05) is 17.7 Å². The van der Waals surface area contributed by atoms with E-state index in [2.05, 4.69) is 15.3 Å². The van der Waals surface area contributed by atoms with Gasteiger partial charge in [-0.05, 0) is 26.0 Å². The monoisotopic (exact) mass is 265 g/mol. The standard InChI is InChI=1S/C13H13N3O2.Na/c1-8-3-5-10(6-4-8)16-13-14-7-11(12(17)18)9(2)15-13;/h3-7H,1-2H3,(H,17,18)(H,14,15,16);/q;+1/p-1. The third-order valence-electron chi connectivity index (χ3n) is 2.51. The Balaban J connectivity index is 0.00000180. The summed E-state index contributed by atoms with van der Waals surface area (Å²) in [4.78, 5) is 18.7. The number of rotatable bonds is 3. The molecule has 0 atom stereocenters. The van der Waals surface area contributed by atoms with Crippen LogP contribution in [-0.2, 0) is 0 Å². The number of hydrogen-bond acceptors (Lipinski definition) is 5. The van der Waals surface area contributed by atoms with Gasteiger partial charge in [0, 0.05) is 17.4 Å². The molecule has 1 heterocycles. The first-order valence-corrected chi connectivity index (χ1v) is 5.45.